The van der Waals surface area contributed by atoms with Crippen molar-refractivity contribution in [2.45, 2.75) is 38.6 Å². The molecular weight excluding hydrogens is 192 g/mol. The van der Waals surface area contributed by atoms with Crippen molar-refractivity contribution in [1.29, 1.82) is 0 Å². The zero-order valence-electron chi connectivity index (χ0n) is 9.48. The van der Waals surface area contributed by atoms with E-state index in [4.69, 9.17) is 10.8 Å². The summed E-state index contributed by atoms with van der Waals surface area (Å²) in [6.07, 6.45) is 3.68. The number of hydrogen-bond donors (Lipinski definition) is 2. The van der Waals surface area contributed by atoms with Crippen LogP contribution in [0.3, 0.4) is 0 Å². The Morgan fingerprint density at radius 2 is 2.40 bits per heavy atom. The van der Waals surface area contributed by atoms with Crippen LogP contribution in [0.1, 0.15) is 32.6 Å². The van der Waals surface area contributed by atoms with Crippen molar-refractivity contribution in [2.75, 3.05) is 19.7 Å². The van der Waals surface area contributed by atoms with Crippen LogP contribution in [-0.2, 0) is 4.79 Å². The predicted molar refractivity (Wildman–Crippen MR) is 59.3 cm³/mol. The molecular formula is C11H22N2O2. The fourth-order valence-corrected chi connectivity index (χ4v) is 2.08. The molecule has 1 amide bonds. The third kappa shape index (κ3) is 3.47. The fourth-order valence-electron chi connectivity index (χ4n) is 2.08. The lowest BCUT2D eigenvalue weighted by Crippen LogP contribution is -2.48. The number of carbonyl (C=O) groups excluding carboxylic acids is 1. The number of aliphatic hydroxyl groups excluding tert-OH is 1. The smallest absolute Gasteiger partial charge is 0.239 e. The van der Waals surface area contributed by atoms with Crippen LogP contribution in [0.15, 0.2) is 0 Å². The second kappa shape index (κ2) is 6.08. The summed E-state index contributed by atoms with van der Waals surface area (Å²) in [7, 11) is 0. The molecule has 0 aromatic carbocycles. The maximum absolute atomic E-state index is 11.9. The molecule has 0 radical (unpaired) electrons. The van der Waals surface area contributed by atoms with E-state index in [-0.39, 0.29) is 24.5 Å². The third-order valence-corrected chi connectivity index (χ3v) is 3.01. The van der Waals surface area contributed by atoms with E-state index in [0.717, 1.165) is 32.2 Å². The first kappa shape index (κ1) is 12.5. The summed E-state index contributed by atoms with van der Waals surface area (Å²) in [6, 6.07) is -0.354. The maximum Gasteiger partial charge on any atom is 0.239 e. The van der Waals surface area contributed by atoms with Gasteiger partial charge in [0.25, 0.3) is 0 Å². The van der Waals surface area contributed by atoms with Gasteiger partial charge in [-0.1, -0.05) is 13.3 Å². The molecule has 0 aliphatic carbocycles. The van der Waals surface area contributed by atoms with E-state index in [9.17, 15) is 4.79 Å². The molecule has 4 heteroatoms. The van der Waals surface area contributed by atoms with Gasteiger partial charge in [-0.05, 0) is 25.2 Å². The van der Waals surface area contributed by atoms with Crippen LogP contribution in [0.25, 0.3) is 0 Å². The molecule has 1 aliphatic heterocycles. The molecule has 1 heterocycles. The van der Waals surface area contributed by atoms with E-state index >= 15 is 0 Å². The monoisotopic (exact) mass is 214 g/mol. The van der Waals surface area contributed by atoms with Crippen molar-refractivity contribution in [3.8, 4) is 0 Å². The molecule has 0 aromatic rings. The van der Waals surface area contributed by atoms with Crippen LogP contribution in [0, 0.1) is 5.92 Å². The Morgan fingerprint density at radius 3 is 3.00 bits per heavy atom. The maximum atomic E-state index is 11.9. The third-order valence-electron chi connectivity index (χ3n) is 3.01. The molecule has 0 saturated carbocycles. The molecule has 1 saturated heterocycles. The van der Waals surface area contributed by atoms with E-state index in [1.807, 2.05) is 11.8 Å². The largest absolute Gasteiger partial charge is 0.396 e. The highest BCUT2D eigenvalue weighted by atomic mass is 16.3. The molecule has 3 N–H and O–H groups in total. The van der Waals surface area contributed by atoms with Crippen LogP contribution < -0.4 is 5.73 Å². The van der Waals surface area contributed by atoms with E-state index in [1.165, 1.54) is 0 Å². The van der Waals surface area contributed by atoms with Crippen molar-refractivity contribution < 1.29 is 9.90 Å². The van der Waals surface area contributed by atoms with E-state index < -0.39 is 0 Å². The number of nitrogens with zero attached hydrogens (tertiary/aromatic N) is 1. The number of rotatable bonds is 4. The Balaban J connectivity index is 2.44. The minimum absolute atomic E-state index is 0.0509. The van der Waals surface area contributed by atoms with Gasteiger partial charge in [-0.3, -0.25) is 4.79 Å². The number of hydrogen-bond acceptors (Lipinski definition) is 3. The molecule has 1 unspecified atom stereocenters. The normalized spacial score (nSPS) is 23.9. The van der Waals surface area contributed by atoms with Crippen LogP contribution in [0.4, 0.5) is 0 Å². The average molecular weight is 214 g/mol. The van der Waals surface area contributed by atoms with Crippen molar-refractivity contribution >= 4 is 5.91 Å². The topological polar surface area (TPSA) is 66.6 Å². The SMILES string of the molecule is CCC[C@@H](N)C(=O)N1CCCC(CO)C1. The van der Waals surface area contributed by atoms with Gasteiger partial charge in [0.2, 0.25) is 5.91 Å². The number of carbonyl (C=O) groups is 1. The number of piperidine rings is 1. The molecule has 88 valence electrons. The summed E-state index contributed by atoms with van der Waals surface area (Å²) in [5, 5.41) is 9.06. The van der Waals surface area contributed by atoms with Crippen LogP contribution in [0.5, 0.6) is 0 Å². The highest BCUT2D eigenvalue weighted by Gasteiger charge is 2.26. The Bertz CT molecular complexity index is 209. The molecule has 1 fully saturated rings. The van der Waals surface area contributed by atoms with Gasteiger partial charge in [0.15, 0.2) is 0 Å². The van der Waals surface area contributed by atoms with Gasteiger partial charge >= 0.3 is 0 Å². The Morgan fingerprint density at radius 1 is 1.67 bits per heavy atom. The lowest BCUT2D eigenvalue weighted by atomic mass is 9.98. The molecule has 0 aromatic heterocycles. The Kier molecular flexibility index (Phi) is 5.05. The minimum atomic E-state index is -0.354. The van der Waals surface area contributed by atoms with Crippen molar-refractivity contribution in [1.82, 2.24) is 4.90 Å². The van der Waals surface area contributed by atoms with Gasteiger partial charge < -0.3 is 15.7 Å². The number of likely N-dealkylation sites (tertiary alicyclic amines) is 1. The quantitative estimate of drug-likeness (QED) is 0.709. The lowest BCUT2D eigenvalue weighted by molar-refractivity contribution is -0.134. The molecule has 4 nitrogen and oxygen atoms in total. The highest BCUT2D eigenvalue weighted by molar-refractivity contribution is 5.81. The van der Waals surface area contributed by atoms with Crippen molar-refractivity contribution in [3.05, 3.63) is 0 Å². The van der Waals surface area contributed by atoms with E-state index in [0.29, 0.717) is 6.54 Å². The molecule has 1 aliphatic rings. The summed E-state index contributed by atoms with van der Waals surface area (Å²) in [4.78, 5) is 13.7. The summed E-state index contributed by atoms with van der Waals surface area (Å²) in [5.74, 6) is 0.298. The zero-order valence-corrected chi connectivity index (χ0v) is 9.48. The molecule has 1 rings (SSSR count). The van der Waals surface area contributed by atoms with Gasteiger partial charge in [-0.2, -0.15) is 0 Å². The van der Waals surface area contributed by atoms with E-state index in [1.54, 1.807) is 0 Å². The summed E-state index contributed by atoms with van der Waals surface area (Å²) >= 11 is 0. The first-order valence-electron chi connectivity index (χ1n) is 5.84. The van der Waals surface area contributed by atoms with Crippen LogP contribution in [0.2, 0.25) is 0 Å². The minimum Gasteiger partial charge on any atom is -0.396 e. The van der Waals surface area contributed by atoms with Gasteiger partial charge in [-0.15, -0.1) is 0 Å². The zero-order chi connectivity index (χ0) is 11.3. The predicted octanol–water partition coefficient (Wildman–Crippen LogP) is 0.345. The Hall–Kier alpha value is -0.610. The molecule has 0 spiro atoms. The van der Waals surface area contributed by atoms with E-state index in [2.05, 4.69) is 0 Å². The standard InChI is InChI=1S/C11H22N2O2/c1-2-4-10(12)11(15)13-6-3-5-9(7-13)8-14/h9-10,14H,2-8,12H2,1H3/t9?,10-/m1/s1. The van der Waals surface area contributed by atoms with Gasteiger partial charge in [0.05, 0.1) is 6.04 Å². The average Bonchev–Trinajstić information content (AvgIpc) is 2.28. The second-order valence-electron chi connectivity index (χ2n) is 4.37. The number of amides is 1. The first-order valence-corrected chi connectivity index (χ1v) is 5.84. The summed E-state index contributed by atoms with van der Waals surface area (Å²) in [5.41, 5.74) is 5.79. The van der Waals surface area contributed by atoms with Crippen molar-refractivity contribution in [2.24, 2.45) is 11.7 Å². The Labute approximate surface area is 91.4 Å². The molecule has 2 atom stereocenters. The van der Waals surface area contributed by atoms with Gasteiger partial charge in [-0.25, -0.2) is 0 Å². The summed E-state index contributed by atoms with van der Waals surface area (Å²) in [6.45, 7) is 3.67. The summed E-state index contributed by atoms with van der Waals surface area (Å²) < 4.78 is 0. The van der Waals surface area contributed by atoms with Crippen LogP contribution >= 0.6 is 0 Å². The second-order valence-corrected chi connectivity index (χ2v) is 4.37. The number of aliphatic hydroxyl groups is 1. The molecule has 0 bridgehead atoms. The van der Waals surface area contributed by atoms with Crippen molar-refractivity contribution in [3.63, 3.8) is 0 Å². The first-order chi connectivity index (χ1) is 7.19. The number of nitrogens with two attached hydrogens (primary N) is 1. The fraction of sp³-hybridized carbons (Fsp3) is 0.909. The van der Waals surface area contributed by atoms with Gasteiger partial charge in [0, 0.05) is 19.7 Å². The lowest BCUT2D eigenvalue weighted by Gasteiger charge is -2.33. The van der Waals surface area contributed by atoms with Crippen LogP contribution in [-0.4, -0.2) is 41.7 Å². The highest BCUT2D eigenvalue weighted by Crippen LogP contribution is 2.16. The van der Waals surface area contributed by atoms with Gasteiger partial charge in [0.1, 0.15) is 0 Å². The molecule has 15 heavy (non-hydrogen) atoms.